The van der Waals surface area contributed by atoms with E-state index in [-0.39, 0.29) is 5.97 Å². The maximum absolute atomic E-state index is 10.5. The number of carbonyl (C=O) groups is 1. The molecule has 0 aliphatic heterocycles. The summed E-state index contributed by atoms with van der Waals surface area (Å²) in [6.45, 7) is 11.1. The van der Waals surface area contributed by atoms with Crippen molar-refractivity contribution in [3.63, 3.8) is 0 Å². The normalized spacial score (nSPS) is 12.0. The zero-order chi connectivity index (χ0) is 16.1. The molecule has 1 unspecified atom stereocenters. The third-order valence-electron chi connectivity index (χ3n) is 3.21. The predicted octanol–water partition coefficient (Wildman–Crippen LogP) is 5.48. The molecule has 0 saturated carbocycles. The van der Waals surface area contributed by atoms with E-state index in [0.29, 0.717) is 17.9 Å². The molecule has 0 aliphatic rings. The predicted molar refractivity (Wildman–Crippen MR) is 90.2 cm³/mol. The molecule has 0 spiro atoms. The second kappa shape index (κ2) is 11.4. The lowest BCUT2D eigenvalue weighted by molar-refractivity contribution is -0.141. The van der Waals surface area contributed by atoms with Crippen LogP contribution in [0.2, 0.25) is 0 Å². The van der Waals surface area contributed by atoms with Crippen molar-refractivity contribution < 1.29 is 9.53 Å². The van der Waals surface area contributed by atoms with Crippen LogP contribution in [0.1, 0.15) is 60.3 Å². The van der Waals surface area contributed by atoms with E-state index in [9.17, 15) is 4.79 Å². The van der Waals surface area contributed by atoms with E-state index in [1.807, 2.05) is 36.4 Å². The van der Waals surface area contributed by atoms with Gasteiger partial charge in [0.05, 0.1) is 6.61 Å². The standard InChI is InChI=1S/C13H26O2.C6H6/c1-11(8-10-15-12(2)14)7-6-9-13(3,4)5;1-2-4-6-5-3-1/h11H,6-10H2,1-5H3;1-6H. The summed E-state index contributed by atoms with van der Waals surface area (Å²) in [6.07, 6.45) is 4.76. The summed E-state index contributed by atoms with van der Waals surface area (Å²) in [5.41, 5.74) is 0.440. The van der Waals surface area contributed by atoms with Gasteiger partial charge in [-0.05, 0) is 24.2 Å². The number of benzene rings is 1. The highest BCUT2D eigenvalue weighted by Crippen LogP contribution is 2.23. The molecule has 2 heteroatoms. The Morgan fingerprint density at radius 2 is 1.48 bits per heavy atom. The van der Waals surface area contributed by atoms with Crippen molar-refractivity contribution in [2.75, 3.05) is 6.61 Å². The van der Waals surface area contributed by atoms with E-state index in [0.717, 1.165) is 6.42 Å². The van der Waals surface area contributed by atoms with Crippen LogP contribution in [0.5, 0.6) is 0 Å². The van der Waals surface area contributed by atoms with E-state index in [1.54, 1.807) is 0 Å². The molecule has 120 valence electrons. The van der Waals surface area contributed by atoms with Gasteiger partial charge in [-0.25, -0.2) is 0 Å². The van der Waals surface area contributed by atoms with Crippen molar-refractivity contribution in [2.45, 2.75) is 60.3 Å². The first kappa shape index (κ1) is 19.7. The van der Waals surface area contributed by atoms with Crippen LogP contribution in [-0.2, 0) is 9.53 Å². The number of esters is 1. The molecule has 1 rings (SSSR count). The number of rotatable bonds is 6. The number of hydrogen-bond acceptors (Lipinski definition) is 2. The molecule has 0 bridgehead atoms. The van der Waals surface area contributed by atoms with Crippen molar-refractivity contribution in [1.29, 1.82) is 0 Å². The van der Waals surface area contributed by atoms with E-state index in [2.05, 4.69) is 27.7 Å². The van der Waals surface area contributed by atoms with Crippen LogP contribution in [0.3, 0.4) is 0 Å². The van der Waals surface area contributed by atoms with Crippen LogP contribution in [0.15, 0.2) is 36.4 Å². The van der Waals surface area contributed by atoms with E-state index < -0.39 is 0 Å². The minimum atomic E-state index is -0.170. The van der Waals surface area contributed by atoms with Gasteiger partial charge in [0.1, 0.15) is 0 Å². The summed E-state index contributed by atoms with van der Waals surface area (Å²) in [7, 11) is 0. The van der Waals surface area contributed by atoms with Crippen LogP contribution in [0, 0.1) is 11.3 Å². The van der Waals surface area contributed by atoms with Gasteiger partial charge in [-0.2, -0.15) is 0 Å². The minimum absolute atomic E-state index is 0.170. The smallest absolute Gasteiger partial charge is 0.302 e. The molecule has 0 fully saturated rings. The molecule has 21 heavy (non-hydrogen) atoms. The van der Waals surface area contributed by atoms with Crippen LogP contribution in [0.25, 0.3) is 0 Å². The lowest BCUT2D eigenvalue weighted by atomic mass is 9.88. The molecule has 0 amide bonds. The van der Waals surface area contributed by atoms with Crippen LogP contribution in [-0.4, -0.2) is 12.6 Å². The fourth-order valence-corrected chi connectivity index (χ4v) is 1.91. The third kappa shape index (κ3) is 16.6. The largest absolute Gasteiger partial charge is 0.466 e. The quantitative estimate of drug-likeness (QED) is 0.649. The van der Waals surface area contributed by atoms with Gasteiger partial charge in [0, 0.05) is 6.92 Å². The average molecular weight is 292 g/mol. The summed E-state index contributed by atoms with van der Waals surface area (Å²) < 4.78 is 4.92. The molecule has 0 radical (unpaired) electrons. The summed E-state index contributed by atoms with van der Waals surface area (Å²) >= 11 is 0. The Labute approximate surface area is 130 Å². The molecule has 0 N–H and O–H groups in total. The SMILES string of the molecule is CC(=O)OCCC(C)CCCC(C)(C)C.c1ccccc1. The van der Waals surface area contributed by atoms with Gasteiger partial charge in [0.15, 0.2) is 0 Å². The van der Waals surface area contributed by atoms with Crippen LogP contribution in [0.4, 0.5) is 0 Å². The molecular formula is C19H32O2. The highest BCUT2D eigenvalue weighted by molar-refractivity contribution is 5.65. The third-order valence-corrected chi connectivity index (χ3v) is 3.21. The Balaban J connectivity index is 0.000000547. The van der Waals surface area contributed by atoms with Gasteiger partial charge >= 0.3 is 5.97 Å². The molecular weight excluding hydrogens is 260 g/mol. The first-order chi connectivity index (χ1) is 9.81. The Bertz CT molecular complexity index is 325. The van der Waals surface area contributed by atoms with Crippen molar-refractivity contribution in [1.82, 2.24) is 0 Å². The lowest BCUT2D eigenvalue weighted by Gasteiger charge is -2.19. The topological polar surface area (TPSA) is 26.3 Å². The number of hydrogen-bond donors (Lipinski definition) is 0. The summed E-state index contributed by atoms with van der Waals surface area (Å²) in [6, 6.07) is 12.0. The Morgan fingerprint density at radius 3 is 1.86 bits per heavy atom. The number of carbonyl (C=O) groups excluding carboxylic acids is 1. The molecule has 2 nitrogen and oxygen atoms in total. The van der Waals surface area contributed by atoms with Crippen molar-refractivity contribution in [3.8, 4) is 0 Å². The van der Waals surface area contributed by atoms with Crippen molar-refractivity contribution in [2.24, 2.45) is 11.3 Å². The second-order valence-electron chi connectivity index (χ2n) is 6.84. The van der Waals surface area contributed by atoms with E-state index in [4.69, 9.17) is 4.74 Å². The lowest BCUT2D eigenvalue weighted by Crippen LogP contribution is -2.08. The summed E-state index contributed by atoms with van der Waals surface area (Å²) in [5, 5.41) is 0. The Morgan fingerprint density at radius 1 is 1.00 bits per heavy atom. The first-order valence-electron chi connectivity index (χ1n) is 7.94. The van der Waals surface area contributed by atoms with Crippen LogP contribution < -0.4 is 0 Å². The molecule has 0 saturated heterocycles. The number of ether oxygens (including phenoxy) is 1. The Hall–Kier alpha value is -1.31. The van der Waals surface area contributed by atoms with Crippen molar-refractivity contribution >= 4 is 5.97 Å². The van der Waals surface area contributed by atoms with Gasteiger partial charge in [-0.3, -0.25) is 4.79 Å². The summed E-state index contributed by atoms with van der Waals surface area (Å²) in [5.74, 6) is 0.489. The molecule has 1 atom stereocenters. The van der Waals surface area contributed by atoms with Gasteiger partial charge in [-0.15, -0.1) is 0 Å². The van der Waals surface area contributed by atoms with Gasteiger partial charge in [0.2, 0.25) is 0 Å². The van der Waals surface area contributed by atoms with E-state index in [1.165, 1.54) is 26.2 Å². The fraction of sp³-hybridized carbons (Fsp3) is 0.632. The minimum Gasteiger partial charge on any atom is -0.466 e. The summed E-state index contributed by atoms with van der Waals surface area (Å²) in [4.78, 5) is 10.5. The molecule has 1 aromatic carbocycles. The zero-order valence-electron chi connectivity index (χ0n) is 14.4. The highest BCUT2D eigenvalue weighted by atomic mass is 16.5. The first-order valence-corrected chi connectivity index (χ1v) is 7.94. The van der Waals surface area contributed by atoms with E-state index >= 15 is 0 Å². The Kier molecular flexibility index (Phi) is 10.7. The van der Waals surface area contributed by atoms with Crippen LogP contribution >= 0.6 is 0 Å². The van der Waals surface area contributed by atoms with Gasteiger partial charge in [-0.1, -0.05) is 76.9 Å². The maximum atomic E-state index is 10.5. The molecule has 0 aromatic heterocycles. The molecule has 0 aliphatic carbocycles. The average Bonchev–Trinajstić information content (AvgIpc) is 2.39. The van der Waals surface area contributed by atoms with Crippen molar-refractivity contribution in [3.05, 3.63) is 36.4 Å². The van der Waals surface area contributed by atoms with Gasteiger partial charge in [0.25, 0.3) is 0 Å². The monoisotopic (exact) mass is 292 g/mol. The fourth-order valence-electron chi connectivity index (χ4n) is 1.91. The maximum Gasteiger partial charge on any atom is 0.302 e. The highest BCUT2D eigenvalue weighted by Gasteiger charge is 2.11. The van der Waals surface area contributed by atoms with Gasteiger partial charge < -0.3 is 4.74 Å². The molecule has 1 aromatic rings. The zero-order valence-corrected chi connectivity index (χ0v) is 14.4. The second-order valence-corrected chi connectivity index (χ2v) is 6.84. The molecule has 0 heterocycles.